The number of hydrogen-bond donors (Lipinski definition) is 1. The second-order valence-electron chi connectivity index (χ2n) is 8.27. The predicted molar refractivity (Wildman–Crippen MR) is 136 cm³/mol. The lowest BCUT2D eigenvalue weighted by atomic mass is 10.1. The molecule has 0 saturated heterocycles. The Bertz CT molecular complexity index is 900. The van der Waals surface area contributed by atoms with E-state index in [1.165, 1.54) is 22.9 Å². The van der Waals surface area contributed by atoms with Crippen LogP contribution >= 0.6 is 35.0 Å². The quantitative estimate of drug-likeness (QED) is 0.409. The number of nitrogens with zero attached hydrogens (tertiary/aromatic N) is 1. The smallest absolute Gasteiger partial charge is 0.242 e. The summed E-state index contributed by atoms with van der Waals surface area (Å²) in [5, 5.41) is 3.94. The minimum atomic E-state index is -0.590. The minimum Gasteiger partial charge on any atom is -0.354 e. The molecule has 174 valence electrons. The highest BCUT2D eigenvalue weighted by atomic mass is 35.5. The molecule has 0 bridgehead atoms. The van der Waals surface area contributed by atoms with Crippen LogP contribution in [0.15, 0.2) is 42.5 Å². The van der Waals surface area contributed by atoms with Gasteiger partial charge in [0.2, 0.25) is 11.8 Å². The molecule has 1 unspecified atom stereocenters. The Labute approximate surface area is 206 Å². The van der Waals surface area contributed by atoms with E-state index in [0.29, 0.717) is 34.5 Å². The van der Waals surface area contributed by atoms with Gasteiger partial charge in [0.1, 0.15) is 6.04 Å². The van der Waals surface area contributed by atoms with Crippen LogP contribution in [0.2, 0.25) is 10.0 Å². The lowest BCUT2D eigenvalue weighted by Gasteiger charge is -2.31. The first-order valence-electron chi connectivity index (χ1n) is 10.9. The molecule has 2 amide bonds. The highest BCUT2D eigenvalue weighted by molar-refractivity contribution is 7.99. The van der Waals surface area contributed by atoms with Crippen molar-refractivity contribution in [1.29, 1.82) is 0 Å². The normalized spacial score (nSPS) is 12.0. The van der Waals surface area contributed by atoms with Gasteiger partial charge in [0, 0.05) is 34.5 Å². The molecule has 1 N–H and O–H groups in total. The van der Waals surface area contributed by atoms with Gasteiger partial charge in [-0.3, -0.25) is 9.59 Å². The van der Waals surface area contributed by atoms with Gasteiger partial charge in [0.05, 0.1) is 5.75 Å². The molecule has 2 aromatic rings. The molecule has 0 aliphatic carbocycles. The Balaban J connectivity index is 2.19. The molecule has 2 rings (SSSR count). The summed E-state index contributed by atoms with van der Waals surface area (Å²) in [7, 11) is 0. The molecular formula is C25H32Cl2N2O2S. The average Bonchev–Trinajstić information content (AvgIpc) is 2.74. The Hall–Kier alpha value is -1.69. The first-order valence-corrected chi connectivity index (χ1v) is 12.8. The van der Waals surface area contributed by atoms with E-state index in [9.17, 15) is 9.59 Å². The summed E-state index contributed by atoms with van der Waals surface area (Å²) in [5.41, 5.74) is 3.02. The fourth-order valence-electron chi connectivity index (χ4n) is 3.34. The second kappa shape index (κ2) is 13.1. The van der Waals surface area contributed by atoms with E-state index >= 15 is 0 Å². The van der Waals surface area contributed by atoms with Crippen molar-refractivity contribution in [3.05, 3.63) is 69.2 Å². The van der Waals surface area contributed by atoms with Crippen LogP contribution in [-0.2, 0) is 21.9 Å². The fraction of sp³-hybridized carbons (Fsp3) is 0.440. The van der Waals surface area contributed by atoms with E-state index in [1.807, 2.05) is 26.8 Å². The maximum Gasteiger partial charge on any atom is 0.242 e. The molecule has 0 aliphatic rings. The molecule has 0 aliphatic heterocycles. The van der Waals surface area contributed by atoms with E-state index in [2.05, 4.69) is 30.4 Å². The fourth-order valence-corrected chi connectivity index (χ4v) is 4.71. The van der Waals surface area contributed by atoms with Gasteiger partial charge in [-0.2, -0.15) is 0 Å². The maximum absolute atomic E-state index is 13.3. The van der Waals surface area contributed by atoms with Crippen molar-refractivity contribution in [2.45, 2.75) is 52.5 Å². The highest BCUT2D eigenvalue weighted by Gasteiger charge is 2.29. The zero-order valence-electron chi connectivity index (χ0n) is 19.2. The molecule has 4 nitrogen and oxygen atoms in total. The first-order chi connectivity index (χ1) is 15.2. The van der Waals surface area contributed by atoms with Crippen LogP contribution in [-0.4, -0.2) is 35.1 Å². The Morgan fingerprint density at radius 2 is 1.75 bits per heavy atom. The molecule has 32 heavy (non-hydrogen) atoms. The third kappa shape index (κ3) is 8.02. The Kier molecular flexibility index (Phi) is 10.9. The zero-order chi connectivity index (χ0) is 23.7. The summed E-state index contributed by atoms with van der Waals surface area (Å²) >= 11 is 14.3. The Morgan fingerprint density at radius 1 is 1.09 bits per heavy atom. The lowest BCUT2D eigenvalue weighted by Crippen LogP contribution is -2.50. The molecule has 0 saturated carbocycles. The summed E-state index contributed by atoms with van der Waals surface area (Å²) in [6.45, 7) is 8.79. The number of thioether (sulfide) groups is 1. The zero-order valence-corrected chi connectivity index (χ0v) is 21.5. The van der Waals surface area contributed by atoms with Gasteiger partial charge in [-0.1, -0.05) is 79.9 Å². The number of hydrogen-bond acceptors (Lipinski definition) is 3. The van der Waals surface area contributed by atoms with Gasteiger partial charge < -0.3 is 10.2 Å². The number of nitrogens with one attached hydrogen (secondary N) is 1. The molecule has 1 atom stereocenters. The van der Waals surface area contributed by atoms with Gasteiger partial charge in [-0.25, -0.2) is 0 Å². The summed E-state index contributed by atoms with van der Waals surface area (Å²) in [6.07, 6.45) is 0.500. The van der Waals surface area contributed by atoms with Crippen LogP contribution < -0.4 is 5.32 Å². The number of aryl methyl sites for hydroxylation is 1. The third-order valence-electron chi connectivity index (χ3n) is 5.04. The largest absolute Gasteiger partial charge is 0.354 e. The van der Waals surface area contributed by atoms with E-state index in [-0.39, 0.29) is 24.1 Å². The topological polar surface area (TPSA) is 49.4 Å². The van der Waals surface area contributed by atoms with Gasteiger partial charge in [-0.15, -0.1) is 11.8 Å². The molecule has 7 heteroatoms. The summed E-state index contributed by atoms with van der Waals surface area (Å²) in [6, 6.07) is 12.9. The maximum atomic E-state index is 13.3. The lowest BCUT2D eigenvalue weighted by molar-refractivity contribution is -0.139. The van der Waals surface area contributed by atoms with E-state index in [0.717, 1.165) is 5.75 Å². The van der Waals surface area contributed by atoms with Crippen molar-refractivity contribution < 1.29 is 9.59 Å². The number of carbonyl (C=O) groups excluding carboxylic acids is 2. The molecule has 2 aromatic carbocycles. The second-order valence-corrected chi connectivity index (χ2v) is 10.1. The number of benzene rings is 2. The van der Waals surface area contributed by atoms with Crippen molar-refractivity contribution in [2.75, 3.05) is 12.3 Å². The first kappa shape index (κ1) is 26.6. The van der Waals surface area contributed by atoms with Crippen molar-refractivity contribution in [2.24, 2.45) is 5.92 Å². The van der Waals surface area contributed by atoms with E-state index in [1.54, 1.807) is 23.1 Å². The van der Waals surface area contributed by atoms with Crippen molar-refractivity contribution >= 4 is 46.8 Å². The predicted octanol–water partition coefficient (Wildman–Crippen LogP) is 6.11. The number of halogens is 2. The number of amides is 2. The average molecular weight is 496 g/mol. The van der Waals surface area contributed by atoms with Crippen LogP contribution in [0.5, 0.6) is 0 Å². The van der Waals surface area contributed by atoms with Gasteiger partial charge in [0.15, 0.2) is 0 Å². The van der Waals surface area contributed by atoms with Crippen molar-refractivity contribution in [3.63, 3.8) is 0 Å². The van der Waals surface area contributed by atoms with Gasteiger partial charge >= 0.3 is 0 Å². The van der Waals surface area contributed by atoms with Crippen molar-refractivity contribution in [3.8, 4) is 0 Å². The SMILES string of the molecule is CCC(C(=O)NCC(C)C)N(Cc1c(Cl)cccc1Cl)C(=O)CSCc1cccc(C)c1. The van der Waals surface area contributed by atoms with Gasteiger partial charge in [0.25, 0.3) is 0 Å². The van der Waals surface area contributed by atoms with E-state index in [4.69, 9.17) is 23.2 Å². The van der Waals surface area contributed by atoms with Crippen LogP contribution in [0.3, 0.4) is 0 Å². The third-order valence-corrected chi connectivity index (χ3v) is 6.73. The molecule has 0 aromatic heterocycles. The van der Waals surface area contributed by atoms with Crippen LogP contribution in [0.1, 0.15) is 43.9 Å². The van der Waals surface area contributed by atoms with Crippen LogP contribution in [0, 0.1) is 12.8 Å². The summed E-state index contributed by atoms with van der Waals surface area (Å²) in [5.74, 6) is 1.06. The molecular weight excluding hydrogens is 463 g/mol. The minimum absolute atomic E-state index is 0.106. The molecule has 0 radical (unpaired) electrons. The summed E-state index contributed by atoms with van der Waals surface area (Å²) < 4.78 is 0. The number of carbonyl (C=O) groups is 2. The van der Waals surface area contributed by atoms with Crippen molar-refractivity contribution in [1.82, 2.24) is 10.2 Å². The highest BCUT2D eigenvalue weighted by Crippen LogP contribution is 2.27. The van der Waals surface area contributed by atoms with Crippen LogP contribution in [0.25, 0.3) is 0 Å². The Morgan fingerprint density at radius 3 is 2.34 bits per heavy atom. The number of rotatable bonds is 11. The molecule has 0 heterocycles. The van der Waals surface area contributed by atoms with E-state index < -0.39 is 6.04 Å². The van der Waals surface area contributed by atoms with Gasteiger partial charge in [-0.05, 0) is 37.0 Å². The monoisotopic (exact) mass is 494 g/mol. The summed E-state index contributed by atoms with van der Waals surface area (Å²) in [4.78, 5) is 27.9. The van der Waals surface area contributed by atoms with Crippen LogP contribution in [0.4, 0.5) is 0 Å². The molecule has 0 spiro atoms. The molecule has 0 fully saturated rings. The standard InChI is InChI=1S/C25H32Cl2N2O2S/c1-5-23(25(31)28-13-17(2)3)29(14-20-21(26)10-7-11-22(20)27)24(30)16-32-15-19-9-6-8-18(4)12-19/h6-12,17,23H,5,13-16H2,1-4H3,(H,28,31).